The molecule has 3 nitrogen and oxygen atoms in total. The highest BCUT2D eigenvalue weighted by Crippen LogP contribution is 2.27. The highest BCUT2D eigenvalue weighted by Gasteiger charge is 2.08. The number of carbonyl (C=O) groups is 1. The van der Waals surface area contributed by atoms with Gasteiger partial charge in [0.25, 0.3) is 0 Å². The number of aryl methyl sites for hydroxylation is 1. The molecule has 108 valence electrons. The van der Waals surface area contributed by atoms with Gasteiger partial charge in [-0.25, -0.2) is 0 Å². The van der Waals surface area contributed by atoms with Gasteiger partial charge >= 0.3 is 0 Å². The summed E-state index contributed by atoms with van der Waals surface area (Å²) in [6, 6.07) is 8.22. The Kier molecular flexibility index (Phi) is 4.83. The highest BCUT2D eigenvalue weighted by atomic mass is 16.5. The largest absolute Gasteiger partial charge is 0.490 e. The van der Waals surface area contributed by atoms with Crippen LogP contribution in [0.4, 0.5) is 0 Å². The summed E-state index contributed by atoms with van der Waals surface area (Å²) in [5.41, 5.74) is 1.17. The molecule has 0 aliphatic heterocycles. The second kappa shape index (κ2) is 6.60. The Bertz CT molecular complexity index is 584. The molecule has 0 unspecified atom stereocenters. The number of Topliss-reactive ketones (excluding diaryl/α,β-unsaturated/α-hetero) is 1. The van der Waals surface area contributed by atoms with E-state index in [2.05, 4.69) is 22.9 Å². The zero-order valence-electron chi connectivity index (χ0n) is 12.6. The van der Waals surface area contributed by atoms with Crippen LogP contribution in [0.3, 0.4) is 0 Å². The number of ketones is 1. The van der Waals surface area contributed by atoms with Gasteiger partial charge in [-0.15, -0.1) is 0 Å². The Balaban J connectivity index is 2.13. The van der Waals surface area contributed by atoms with Gasteiger partial charge in [0.2, 0.25) is 0 Å². The van der Waals surface area contributed by atoms with Crippen LogP contribution in [0.2, 0.25) is 0 Å². The van der Waals surface area contributed by atoms with E-state index in [9.17, 15) is 4.79 Å². The van der Waals surface area contributed by atoms with Gasteiger partial charge in [-0.1, -0.05) is 13.0 Å². The maximum atomic E-state index is 11.4. The lowest BCUT2D eigenvalue weighted by Gasteiger charge is -2.11. The van der Waals surface area contributed by atoms with Crippen LogP contribution in [0, 0.1) is 0 Å². The van der Waals surface area contributed by atoms with Crippen molar-refractivity contribution in [2.45, 2.75) is 52.7 Å². The van der Waals surface area contributed by atoms with E-state index >= 15 is 0 Å². The Labute approximate surface area is 120 Å². The number of hydrogen-bond donors (Lipinski definition) is 0. The molecule has 0 spiro atoms. The van der Waals surface area contributed by atoms with Gasteiger partial charge in [-0.2, -0.15) is 0 Å². The number of carbonyl (C=O) groups excluding carboxylic acids is 1. The molecule has 0 fully saturated rings. The lowest BCUT2D eigenvalue weighted by molar-refractivity contribution is -0.118. The fraction of sp³-hybridized carbons (Fsp3) is 0.471. The van der Waals surface area contributed by atoms with Crippen molar-refractivity contribution in [1.29, 1.82) is 0 Å². The van der Waals surface area contributed by atoms with Crippen molar-refractivity contribution in [2.75, 3.05) is 0 Å². The fourth-order valence-corrected chi connectivity index (χ4v) is 2.37. The first-order chi connectivity index (χ1) is 9.61. The Hall–Kier alpha value is -1.77. The molecule has 2 rings (SSSR count). The monoisotopic (exact) mass is 273 g/mol. The number of nitrogens with zero attached hydrogens (tertiary/aromatic N) is 1. The minimum Gasteiger partial charge on any atom is -0.490 e. The van der Waals surface area contributed by atoms with Crippen molar-refractivity contribution in [1.82, 2.24) is 4.57 Å². The van der Waals surface area contributed by atoms with Crippen LogP contribution in [0.15, 0.2) is 30.5 Å². The van der Waals surface area contributed by atoms with E-state index in [0.717, 1.165) is 24.1 Å². The normalized spacial score (nSPS) is 11.2. The first-order valence-corrected chi connectivity index (χ1v) is 7.38. The smallest absolute Gasteiger partial charge is 0.132 e. The maximum Gasteiger partial charge on any atom is 0.132 e. The first kappa shape index (κ1) is 14.6. The van der Waals surface area contributed by atoms with E-state index in [-0.39, 0.29) is 6.10 Å². The summed E-state index contributed by atoms with van der Waals surface area (Å²) < 4.78 is 8.03. The van der Waals surface area contributed by atoms with Crippen LogP contribution in [0.1, 0.15) is 40.0 Å². The predicted octanol–water partition coefficient (Wildman–Crippen LogP) is 4.19. The molecule has 0 N–H and O–H groups in total. The zero-order chi connectivity index (χ0) is 14.5. The van der Waals surface area contributed by atoms with E-state index in [0.29, 0.717) is 18.6 Å². The summed E-state index contributed by atoms with van der Waals surface area (Å²) in [6.45, 7) is 6.86. The van der Waals surface area contributed by atoms with Gasteiger partial charge in [-0.05, 0) is 38.5 Å². The molecular weight excluding hydrogens is 250 g/mol. The lowest BCUT2D eigenvalue weighted by atomic mass is 10.2. The van der Waals surface area contributed by atoms with Crippen molar-refractivity contribution in [3.8, 4) is 5.75 Å². The summed E-state index contributed by atoms with van der Waals surface area (Å²) in [5, 5.41) is 1.14. The summed E-state index contributed by atoms with van der Waals surface area (Å²) in [5.74, 6) is 1.27. The second-order valence-electron chi connectivity index (χ2n) is 5.36. The molecule has 0 aliphatic carbocycles. The topological polar surface area (TPSA) is 31.2 Å². The van der Waals surface area contributed by atoms with E-state index in [1.807, 2.05) is 32.9 Å². The predicted molar refractivity (Wildman–Crippen MR) is 82.2 cm³/mol. The summed E-state index contributed by atoms with van der Waals surface area (Å²) in [6.07, 6.45) is 4.45. The summed E-state index contributed by atoms with van der Waals surface area (Å²) in [4.78, 5) is 11.4. The third kappa shape index (κ3) is 3.41. The molecule has 0 atom stereocenters. The molecule has 0 saturated carbocycles. The van der Waals surface area contributed by atoms with Crippen LogP contribution < -0.4 is 4.74 Å². The highest BCUT2D eigenvalue weighted by molar-refractivity contribution is 5.86. The van der Waals surface area contributed by atoms with Crippen LogP contribution in [0.5, 0.6) is 5.75 Å². The molecule has 0 bridgehead atoms. The minimum atomic E-state index is 0.172. The Morgan fingerprint density at radius 1 is 1.30 bits per heavy atom. The quantitative estimate of drug-likeness (QED) is 0.757. The van der Waals surface area contributed by atoms with Crippen LogP contribution >= 0.6 is 0 Å². The Morgan fingerprint density at radius 3 is 2.80 bits per heavy atom. The molecule has 0 aliphatic rings. The molecule has 0 saturated heterocycles. The van der Waals surface area contributed by atoms with Gasteiger partial charge in [0.15, 0.2) is 0 Å². The van der Waals surface area contributed by atoms with E-state index in [1.54, 1.807) is 0 Å². The lowest BCUT2D eigenvalue weighted by Crippen LogP contribution is -2.05. The second-order valence-corrected chi connectivity index (χ2v) is 5.36. The van der Waals surface area contributed by atoms with E-state index in [1.165, 1.54) is 5.52 Å². The molecule has 1 aromatic carbocycles. The Morgan fingerprint density at radius 2 is 2.10 bits per heavy atom. The number of rotatable bonds is 7. The van der Waals surface area contributed by atoms with Crippen LogP contribution in [-0.2, 0) is 11.3 Å². The number of fused-ring (bicyclic) bond motifs is 1. The standard InChI is InChI=1S/C17H23NO2/c1-4-14(19)7-6-11-18-12-10-15-16(18)8-5-9-17(15)20-13(2)3/h5,8-10,12-13H,4,6-7,11H2,1-3H3. The van der Waals surface area contributed by atoms with E-state index < -0.39 is 0 Å². The third-order valence-corrected chi connectivity index (χ3v) is 3.39. The minimum absolute atomic E-state index is 0.172. The number of ether oxygens (including phenoxy) is 1. The number of benzene rings is 1. The number of aromatic nitrogens is 1. The summed E-state index contributed by atoms with van der Waals surface area (Å²) >= 11 is 0. The molecule has 0 amide bonds. The molecule has 2 aromatic rings. The molecule has 1 heterocycles. The van der Waals surface area contributed by atoms with Crippen molar-refractivity contribution < 1.29 is 9.53 Å². The first-order valence-electron chi connectivity index (χ1n) is 7.38. The number of hydrogen-bond acceptors (Lipinski definition) is 2. The van der Waals surface area contributed by atoms with Crippen LogP contribution in [-0.4, -0.2) is 16.5 Å². The molecule has 1 aromatic heterocycles. The van der Waals surface area contributed by atoms with Gasteiger partial charge in [0.05, 0.1) is 11.6 Å². The average molecular weight is 273 g/mol. The fourth-order valence-electron chi connectivity index (χ4n) is 2.37. The summed E-state index contributed by atoms with van der Waals surface area (Å²) in [7, 11) is 0. The van der Waals surface area contributed by atoms with Gasteiger partial charge in [0, 0.05) is 31.0 Å². The third-order valence-electron chi connectivity index (χ3n) is 3.39. The molecule has 0 radical (unpaired) electrons. The van der Waals surface area contributed by atoms with Gasteiger partial charge in [0.1, 0.15) is 11.5 Å². The average Bonchev–Trinajstić information content (AvgIpc) is 2.82. The van der Waals surface area contributed by atoms with Crippen molar-refractivity contribution in [3.05, 3.63) is 30.5 Å². The zero-order valence-corrected chi connectivity index (χ0v) is 12.6. The SMILES string of the molecule is CCC(=O)CCCn1ccc2c(OC(C)C)cccc21. The molecule has 3 heteroatoms. The van der Waals surface area contributed by atoms with Crippen molar-refractivity contribution >= 4 is 16.7 Å². The van der Waals surface area contributed by atoms with Crippen LogP contribution in [0.25, 0.3) is 10.9 Å². The van der Waals surface area contributed by atoms with Crippen molar-refractivity contribution in [2.24, 2.45) is 0 Å². The van der Waals surface area contributed by atoms with E-state index in [4.69, 9.17) is 4.74 Å². The maximum absolute atomic E-state index is 11.4. The molecule has 20 heavy (non-hydrogen) atoms. The van der Waals surface area contributed by atoms with Crippen molar-refractivity contribution in [3.63, 3.8) is 0 Å². The molecular formula is C17H23NO2. The van der Waals surface area contributed by atoms with Gasteiger partial charge in [-0.3, -0.25) is 4.79 Å². The van der Waals surface area contributed by atoms with Gasteiger partial charge < -0.3 is 9.30 Å².